The van der Waals surface area contributed by atoms with Crippen molar-refractivity contribution in [2.24, 2.45) is 5.73 Å². The van der Waals surface area contributed by atoms with E-state index in [-0.39, 0.29) is 12.5 Å². The van der Waals surface area contributed by atoms with Gasteiger partial charge in [-0.15, -0.1) is 0 Å². The number of aliphatic hydroxyl groups is 1. The van der Waals surface area contributed by atoms with Crippen LogP contribution < -0.4 is 5.73 Å². The molecular weight excluding hydrogens is 210 g/mol. The lowest BCUT2D eigenvalue weighted by Gasteiger charge is -2.18. The van der Waals surface area contributed by atoms with Crippen LogP contribution in [-0.4, -0.2) is 17.8 Å². The molecule has 2 aromatic rings. The second-order valence-corrected chi connectivity index (χ2v) is 4.46. The highest BCUT2D eigenvalue weighted by atomic mass is 16.3. The molecule has 0 amide bonds. The quantitative estimate of drug-likeness (QED) is 0.822. The van der Waals surface area contributed by atoms with Gasteiger partial charge >= 0.3 is 0 Å². The highest BCUT2D eigenvalue weighted by Gasteiger charge is 2.32. The molecule has 0 aliphatic heterocycles. The van der Waals surface area contributed by atoms with Crippen LogP contribution in [0.5, 0.6) is 0 Å². The minimum atomic E-state index is -0.514. The number of fused-ring (bicyclic) bond motifs is 3. The molecule has 17 heavy (non-hydrogen) atoms. The molecule has 0 fully saturated rings. The van der Waals surface area contributed by atoms with Crippen LogP contribution in [0.15, 0.2) is 48.5 Å². The second-order valence-electron chi connectivity index (χ2n) is 4.46. The summed E-state index contributed by atoms with van der Waals surface area (Å²) >= 11 is 0. The summed E-state index contributed by atoms with van der Waals surface area (Å²) in [6.45, 7) is 0.285. The van der Waals surface area contributed by atoms with Gasteiger partial charge in [0.1, 0.15) is 0 Å². The molecule has 0 unspecified atom stereocenters. The van der Waals surface area contributed by atoms with Crippen molar-refractivity contribution in [1.29, 1.82) is 0 Å². The van der Waals surface area contributed by atoms with E-state index in [1.807, 2.05) is 24.3 Å². The van der Waals surface area contributed by atoms with Crippen molar-refractivity contribution in [2.45, 2.75) is 12.0 Å². The molecular formula is C15H15NO. The topological polar surface area (TPSA) is 46.2 Å². The van der Waals surface area contributed by atoms with E-state index in [0.29, 0.717) is 0 Å². The fraction of sp³-hybridized carbons (Fsp3) is 0.200. The monoisotopic (exact) mass is 225 g/mol. The fourth-order valence-corrected chi connectivity index (χ4v) is 2.75. The molecule has 0 heterocycles. The molecule has 3 N–H and O–H groups in total. The zero-order valence-corrected chi connectivity index (χ0v) is 9.51. The van der Waals surface area contributed by atoms with Crippen LogP contribution in [-0.2, 0) is 0 Å². The van der Waals surface area contributed by atoms with Crippen molar-refractivity contribution in [3.05, 3.63) is 59.7 Å². The largest absolute Gasteiger partial charge is 0.391 e. The van der Waals surface area contributed by atoms with Gasteiger partial charge in [-0.2, -0.15) is 0 Å². The Balaban J connectivity index is 2.23. The van der Waals surface area contributed by atoms with E-state index in [1.54, 1.807) is 0 Å². The van der Waals surface area contributed by atoms with Gasteiger partial charge < -0.3 is 10.8 Å². The van der Waals surface area contributed by atoms with E-state index in [0.717, 1.165) is 0 Å². The molecule has 2 nitrogen and oxygen atoms in total. The molecule has 86 valence electrons. The molecule has 0 spiro atoms. The smallest absolute Gasteiger partial charge is 0.0771 e. The van der Waals surface area contributed by atoms with Gasteiger partial charge in [-0.3, -0.25) is 0 Å². The van der Waals surface area contributed by atoms with E-state index >= 15 is 0 Å². The van der Waals surface area contributed by atoms with E-state index in [9.17, 15) is 5.11 Å². The van der Waals surface area contributed by atoms with Crippen molar-refractivity contribution in [1.82, 2.24) is 0 Å². The van der Waals surface area contributed by atoms with E-state index in [2.05, 4.69) is 24.3 Å². The number of nitrogens with two attached hydrogens (primary N) is 1. The van der Waals surface area contributed by atoms with Crippen LogP contribution in [0.4, 0.5) is 0 Å². The summed E-state index contributed by atoms with van der Waals surface area (Å²) in [5.74, 6) is 0.0207. The Morgan fingerprint density at radius 2 is 1.41 bits per heavy atom. The zero-order valence-electron chi connectivity index (χ0n) is 9.51. The first-order valence-electron chi connectivity index (χ1n) is 5.89. The Bertz CT molecular complexity index is 505. The van der Waals surface area contributed by atoms with Gasteiger partial charge in [-0.05, 0) is 22.3 Å². The minimum Gasteiger partial charge on any atom is -0.391 e. The average Bonchev–Trinajstić information content (AvgIpc) is 2.72. The van der Waals surface area contributed by atoms with Crippen molar-refractivity contribution in [2.75, 3.05) is 6.54 Å². The zero-order chi connectivity index (χ0) is 11.8. The van der Waals surface area contributed by atoms with E-state index < -0.39 is 6.10 Å². The summed E-state index contributed by atoms with van der Waals surface area (Å²) in [7, 11) is 0. The van der Waals surface area contributed by atoms with Crippen LogP contribution >= 0.6 is 0 Å². The Kier molecular flexibility index (Phi) is 2.46. The first kappa shape index (κ1) is 10.5. The third kappa shape index (κ3) is 1.49. The standard InChI is InChI=1S/C15H15NO/c16-9-14(17)15-12-7-3-1-5-10(12)11-6-2-4-8-13(11)15/h1-8,14-15,17H,9,16H2/t14-/m0/s1. The molecule has 1 atom stereocenters. The van der Waals surface area contributed by atoms with Gasteiger partial charge in [0.15, 0.2) is 0 Å². The molecule has 0 aromatic heterocycles. The van der Waals surface area contributed by atoms with E-state index in [4.69, 9.17) is 5.73 Å². The minimum absolute atomic E-state index is 0.0207. The van der Waals surface area contributed by atoms with Gasteiger partial charge in [0.05, 0.1) is 6.10 Å². The highest BCUT2D eigenvalue weighted by Crippen LogP contribution is 2.45. The lowest BCUT2D eigenvalue weighted by atomic mass is 9.91. The Morgan fingerprint density at radius 3 is 1.88 bits per heavy atom. The lowest BCUT2D eigenvalue weighted by Crippen LogP contribution is -2.26. The summed E-state index contributed by atoms with van der Waals surface area (Å²) in [6, 6.07) is 16.5. The van der Waals surface area contributed by atoms with Gasteiger partial charge in [0, 0.05) is 12.5 Å². The number of aliphatic hydroxyl groups excluding tert-OH is 1. The van der Waals surface area contributed by atoms with E-state index in [1.165, 1.54) is 22.3 Å². The first-order chi connectivity index (χ1) is 8.33. The molecule has 2 heteroatoms. The van der Waals surface area contributed by atoms with Gasteiger partial charge in [-0.25, -0.2) is 0 Å². The molecule has 0 bridgehead atoms. The van der Waals surface area contributed by atoms with Crippen LogP contribution in [0.25, 0.3) is 11.1 Å². The number of hydrogen-bond donors (Lipinski definition) is 2. The maximum Gasteiger partial charge on any atom is 0.0771 e. The fourth-order valence-electron chi connectivity index (χ4n) is 2.75. The maximum absolute atomic E-state index is 10.1. The molecule has 1 aliphatic rings. The third-order valence-electron chi connectivity index (χ3n) is 3.51. The Morgan fingerprint density at radius 1 is 0.941 bits per heavy atom. The lowest BCUT2D eigenvalue weighted by molar-refractivity contribution is 0.166. The number of rotatable bonds is 2. The average molecular weight is 225 g/mol. The predicted molar refractivity (Wildman–Crippen MR) is 68.8 cm³/mol. The van der Waals surface area contributed by atoms with Gasteiger partial charge in [0.25, 0.3) is 0 Å². The summed E-state index contributed by atoms with van der Waals surface area (Å²) in [5, 5.41) is 10.1. The molecule has 0 saturated carbocycles. The normalized spacial score (nSPS) is 15.4. The molecule has 2 aromatic carbocycles. The molecule has 0 radical (unpaired) electrons. The highest BCUT2D eigenvalue weighted by molar-refractivity contribution is 5.79. The summed E-state index contributed by atoms with van der Waals surface area (Å²) < 4.78 is 0. The Hall–Kier alpha value is -1.64. The number of benzene rings is 2. The molecule has 0 saturated heterocycles. The van der Waals surface area contributed by atoms with Crippen molar-refractivity contribution < 1.29 is 5.11 Å². The van der Waals surface area contributed by atoms with Crippen LogP contribution in [0.1, 0.15) is 17.0 Å². The van der Waals surface area contributed by atoms with Crippen LogP contribution in [0.3, 0.4) is 0 Å². The molecule has 3 rings (SSSR count). The second kappa shape index (κ2) is 3.99. The van der Waals surface area contributed by atoms with Crippen LogP contribution in [0.2, 0.25) is 0 Å². The SMILES string of the molecule is NC[C@H](O)C1c2ccccc2-c2ccccc21. The molecule has 1 aliphatic carbocycles. The first-order valence-corrected chi connectivity index (χ1v) is 5.89. The van der Waals surface area contributed by atoms with Gasteiger partial charge in [-0.1, -0.05) is 48.5 Å². The summed E-state index contributed by atoms with van der Waals surface area (Å²) in [6.07, 6.45) is -0.514. The predicted octanol–water partition coefficient (Wildman–Crippen LogP) is 2.12. The number of hydrogen-bond acceptors (Lipinski definition) is 2. The third-order valence-corrected chi connectivity index (χ3v) is 3.51. The van der Waals surface area contributed by atoms with Crippen LogP contribution in [0, 0.1) is 0 Å². The Labute approximate surface area is 101 Å². The van der Waals surface area contributed by atoms with Crippen molar-refractivity contribution in [3.63, 3.8) is 0 Å². The van der Waals surface area contributed by atoms with Gasteiger partial charge in [0.2, 0.25) is 0 Å². The maximum atomic E-state index is 10.1. The van der Waals surface area contributed by atoms with Crippen molar-refractivity contribution in [3.8, 4) is 11.1 Å². The summed E-state index contributed by atoms with van der Waals surface area (Å²) in [4.78, 5) is 0. The summed E-state index contributed by atoms with van der Waals surface area (Å²) in [5.41, 5.74) is 10.4. The van der Waals surface area contributed by atoms with Crippen molar-refractivity contribution >= 4 is 0 Å².